The zero-order chi connectivity index (χ0) is 24.7. The van der Waals surface area contributed by atoms with Crippen molar-refractivity contribution in [3.05, 3.63) is 120 Å². The number of benzene rings is 3. The summed E-state index contributed by atoms with van der Waals surface area (Å²) in [6.07, 6.45) is 0.493. The molecule has 0 unspecified atom stereocenters. The van der Waals surface area contributed by atoms with Crippen molar-refractivity contribution in [3.8, 4) is 16.9 Å². The van der Waals surface area contributed by atoms with Crippen molar-refractivity contribution in [3.63, 3.8) is 0 Å². The van der Waals surface area contributed by atoms with E-state index in [0.29, 0.717) is 36.1 Å². The van der Waals surface area contributed by atoms with Crippen LogP contribution in [0.4, 0.5) is 13.2 Å². The van der Waals surface area contributed by atoms with Gasteiger partial charge in [0, 0.05) is 30.8 Å². The highest BCUT2D eigenvalue weighted by molar-refractivity contribution is 5.81. The third-order valence-electron chi connectivity index (χ3n) is 5.63. The first-order chi connectivity index (χ1) is 16.9. The van der Waals surface area contributed by atoms with Crippen LogP contribution < -0.4 is 4.74 Å². The van der Waals surface area contributed by atoms with E-state index >= 15 is 0 Å². The maximum absolute atomic E-state index is 13.3. The van der Waals surface area contributed by atoms with Crippen LogP contribution in [0.5, 0.6) is 5.75 Å². The average molecular weight is 476 g/mol. The number of pyridine rings is 1. The predicted molar refractivity (Wildman–Crippen MR) is 129 cm³/mol. The Balaban J connectivity index is 1.39. The summed E-state index contributed by atoms with van der Waals surface area (Å²) in [5, 5.41) is 0. The first kappa shape index (κ1) is 24.2. The third-order valence-corrected chi connectivity index (χ3v) is 5.63. The third kappa shape index (κ3) is 6.79. The van der Waals surface area contributed by atoms with Crippen LogP contribution in [0.2, 0.25) is 0 Å². The van der Waals surface area contributed by atoms with Crippen LogP contribution in [-0.2, 0) is 30.4 Å². The quantitative estimate of drug-likeness (QED) is 0.259. The maximum Gasteiger partial charge on any atom is 0.416 e. The number of rotatable bonds is 9. The van der Waals surface area contributed by atoms with E-state index in [2.05, 4.69) is 4.98 Å². The summed E-state index contributed by atoms with van der Waals surface area (Å²) in [5.41, 5.74) is 3.11. The van der Waals surface area contributed by atoms with Crippen LogP contribution in [0.15, 0.2) is 97.3 Å². The summed E-state index contributed by atoms with van der Waals surface area (Å²) >= 11 is 0. The molecule has 0 aliphatic heterocycles. The summed E-state index contributed by atoms with van der Waals surface area (Å²) in [6.45, 7) is 0.195. The Morgan fingerprint density at radius 2 is 1.57 bits per heavy atom. The zero-order valence-corrected chi connectivity index (χ0v) is 19.0. The van der Waals surface area contributed by atoms with Gasteiger partial charge in [0.2, 0.25) is 0 Å². The van der Waals surface area contributed by atoms with Crippen LogP contribution in [0.1, 0.15) is 28.7 Å². The number of ketones is 1. The second-order valence-corrected chi connectivity index (χ2v) is 8.26. The minimum Gasteiger partial charge on any atom is -0.488 e. The van der Waals surface area contributed by atoms with E-state index in [1.165, 1.54) is 6.07 Å². The molecule has 1 aromatic heterocycles. The Labute approximate surface area is 202 Å². The van der Waals surface area contributed by atoms with E-state index in [1.807, 2.05) is 42.5 Å². The standard InChI is InChI=1S/C29H24F3NO2/c30-29(31,32)25-13-15-28(27(18-25)24-6-2-1-3-7-24)35-20-23-10-8-21(9-11-23)17-26(34)14-12-22-5-4-16-33-19-22/h1-11,13,15-16,18-19H,12,14,17,20H2. The van der Waals surface area contributed by atoms with Crippen molar-refractivity contribution in [1.82, 2.24) is 4.98 Å². The number of carbonyl (C=O) groups is 1. The Bertz CT molecular complexity index is 1250. The zero-order valence-electron chi connectivity index (χ0n) is 19.0. The number of ether oxygens (including phenoxy) is 1. The molecule has 3 aromatic carbocycles. The predicted octanol–water partition coefficient (Wildman–Crippen LogP) is 7.09. The number of aryl methyl sites for hydroxylation is 1. The molecular weight excluding hydrogens is 451 g/mol. The Hall–Kier alpha value is -3.93. The number of alkyl halides is 3. The fourth-order valence-electron chi connectivity index (χ4n) is 3.74. The molecule has 4 aromatic rings. The molecule has 0 spiro atoms. The van der Waals surface area contributed by atoms with Gasteiger partial charge in [-0.3, -0.25) is 9.78 Å². The van der Waals surface area contributed by atoms with Crippen molar-refractivity contribution >= 4 is 5.78 Å². The van der Waals surface area contributed by atoms with Crippen molar-refractivity contribution in [1.29, 1.82) is 0 Å². The molecule has 178 valence electrons. The normalized spacial score (nSPS) is 11.3. The highest BCUT2D eigenvalue weighted by Crippen LogP contribution is 2.37. The molecule has 0 amide bonds. The molecular formula is C29H24F3NO2. The molecule has 0 saturated heterocycles. The van der Waals surface area contributed by atoms with Crippen molar-refractivity contribution < 1.29 is 22.7 Å². The van der Waals surface area contributed by atoms with Crippen LogP contribution in [0.25, 0.3) is 11.1 Å². The van der Waals surface area contributed by atoms with Gasteiger partial charge in [-0.05, 0) is 52.9 Å². The van der Waals surface area contributed by atoms with E-state index in [4.69, 9.17) is 4.74 Å². The molecule has 0 bridgehead atoms. The molecule has 3 nitrogen and oxygen atoms in total. The molecule has 1 heterocycles. The molecule has 0 fully saturated rings. The van der Waals surface area contributed by atoms with Crippen LogP contribution in [-0.4, -0.2) is 10.8 Å². The first-order valence-electron chi connectivity index (χ1n) is 11.3. The lowest BCUT2D eigenvalue weighted by Crippen LogP contribution is -2.06. The number of nitrogens with zero attached hydrogens (tertiary/aromatic N) is 1. The van der Waals surface area contributed by atoms with E-state index < -0.39 is 11.7 Å². The lowest BCUT2D eigenvalue weighted by molar-refractivity contribution is -0.137. The molecule has 0 radical (unpaired) electrons. The Morgan fingerprint density at radius 1 is 0.829 bits per heavy atom. The highest BCUT2D eigenvalue weighted by Gasteiger charge is 2.31. The van der Waals surface area contributed by atoms with Crippen molar-refractivity contribution in [2.45, 2.75) is 32.0 Å². The molecule has 0 N–H and O–H groups in total. The van der Waals surface area contributed by atoms with Gasteiger partial charge in [-0.1, -0.05) is 60.7 Å². The smallest absolute Gasteiger partial charge is 0.416 e. The van der Waals surface area contributed by atoms with Crippen LogP contribution in [0.3, 0.4) is 0 Å². The number of carbonyl (C=O) groups excluding carboxylic acids is 1. The van der Waals surface area contributed by atoms with E-state index in [1.54, 1.807) is 36.7 Å². The maximum atomic E-state index is 13.3. The van der Waals surface area contributed by atoms with Gasteiger partial charge in [-0.15, -0.1) is 0 Å². The lowest BCUT2D eigenvalue weighted by atomic mass is 10.0. The van der Waals surface area contributed by atoms with Crippen molar-refractivity contribution in [2.24, 2.45) is 0 Å². The topological polar surface area (TPSA) is 39.2 Å². The molecule has 0 saturated carbocycles. The lowest BCUT2D eigenvalue weighted by Gasteiger charge is -2.15. The van der Waals surface area contributed by atoms with E-state index in [9.17, 15) is 18.0 Å². The summed E-state index contributed by atoms with van der Waals surface area (Å²) in [5.74, 6) is 0.522. The minimum atomic E-state index is -4.44. The average Bonchev–Trinajstić information content (AvgIpc) is 2.87. The van der Waals surface area contributed by atoms with Gasteiger partial charge in [-0.2, -0.15) is 13.2 Å². The van der Waals surface area contributed by atoms with Gasteiger partial charge >= 0.3 is 6.18 Å². The summed E-state index contributed by atoms with van der Waals surface area (Å²) in [7, 11) is 0. The van der Waals surface area contributed by atoms with Crippen LogP contribution >= 0.6 is 0 Å². The number of halogens is 3. The highest BCUT2D eigenvalue weighted by atomic mass is 19.4. The largest absolute Gasteiger partial charge is 0.488 e. The number of Topliss-reactive ketones (excluding diaryl/α,β-unsaturated/α-hetero) is 1. The number of hydrogen-bond acceptors (Lipinski definition) is 3. The molecule has 0 aliphatic rings. The fourth-order valence-corrected chi connectivity index (χ4v) is 3.74. The van der Waals surface area contributed by atoms with Crippen molar-refractivity contribution in [2.75, 3.05) is 0 Å². The van der Waals surface area contributed by atoms with Gasteiger partial charge in [0.05, 0.1) is 5.56 Å². The minimum absolute atomic E-state index is 0.148. The summed E-state index contributed by atoms with van der Waals surface area (Å²) < 4.78 is 45.7. The molecule has 6 heteroatoms. The monoisotopic (exact) mass is 475 g/mol. The first-order valence-corrected chi connectivity index (χ1v) is 11.3. The summed E-state index contributed by atoms with van der Waals surface area (Å²) in [6, 6.07) is 23.7. The van der Waals surface area contributed by atoms with Gasteiger partial charge < -0.3 is 4.74 Å². The fraction of sp³-hybridized carbons (Fsp3) is 0.172. The van der Waals surface area contributed by atoms with Gasteiger partial charge in [0.15, 0.2) is 0 Å². The van der Waals surface area contributed by atoms with Gasteiger partial charge in [0.25, 0.3) is 0 Å². The Morgan fingerprint density at radius 3 is 2.26 bits per heavy atom. The second kappa shape index (κ2) is 11.0. The molecule has 0 atom stereocenters. The van der Waals surface area contributed by atoms with Gasteiger partial charge in [-0.25, -0.2) is 0 Å². The molecule has 0 aliphatic carbocycles. The van der Waals surface area contributed by atoms with Crippen LogP contribution in [0, 0.1) is 0 Å². The number of aromatic nitrogens is 1. The molecule has 4 rings (SSSR count). The summed E-state index contributed by atoms with van der Waals surface area (Å²) in [4.78, 5) is 16.4. The van der Waals surface area contributed by atoms with E-state index in [-0.39, 0.29) is 12.4 Å². The molecule has 35 heavy (non-hydrogen) atoms. The SMILES string of the molecule is O=C(CCc1cccnc1)Cc1ccc(COc2ccc(C(F)(F)F)cc2-c2ccccc2)cc1. The van der Waals surface area contributed by atoms with Gasteiger partial charge in [0.1, 0.15) is 18.1 Å². The number of hydrogen-bond donors (Lipinski definition) is 0. The Kier molecular flexibility index (Phi) is 7.60. The second-order valence-electron chi connectivity index (χ2n) is 8.26. The van der Waals surface area contributed by atoms with E-state index in [0.717, 1.165) is 28.8 Å².